The van der Waals surface area contributed by atoms with E-state index in [2.05, 4.69) is 17.4 Å². The van der Waals surface area contributed by atoms with Crippen molar-refractivity contribution in [3.05, 3.63) is 54.1 Å². The summed E-state index contributed by atoms with van der Waals surface area (Å²) in [4.78, 5) is 0. The monoisotopic (exact) mass is 213 g/mol. The number of hydrogen-bond donors (Lipinski definition) is 3. The van der Waals surface area contributed by atoms with E-state index < -0.39 is 0 Å². The molecule has 16 heavy (non-hydrogen) atoms. The fraction of sp³-hybridized carbons (Fsp3) is 0.0769. The van der Waals surface area contributed by atoms with E-state index in [0.717, 1.165) is 12.2 Å². The average molecular weight is 213 g/mol. The Hall–Kier alpha value is -2.16. The van der Waals surface area contributed by atoms with Crippen molar-refractivity contribution in [2.45, 2.75) is 6.54 Å². The summed E-state index contributed by atoms with van der Waals surface area (Å²) < 4.78 is 0. The van der Waals surface area contributed by atoms with Crippen LogP contribution >= 0.6 is 0 Å². The highest BCUT2D eigenvalue weighted by Crippen LogP contribution is 2.19. The minimum Gasteiger partial charge on any atom is -0.397 e. The number of nitrogens with two attached hydrogens (primary N) is 2. The Morgan fingerprint density at radius 1 is 0.875 bits per heavy atom. The summed E-state index contributed by atoms with van der Waals surface area (Å²) in [6, 6.07) is 15.8. The lowest BCUT2D eigenvalue weighted by molar-refractivity contribution is 1.15. The zero-order valence-corrected chi connectivity index (χ0v) is 8.98. The first-order chi connectivity index (χ1) is 7.75. The Balaban J connectivity index is 2.03. The van der Waals surface area contributed by atoms with Crippen LogP contribution in [0.1, 0.15) is 5.56 Å². The molecule has 0 aromatic heterocycles. The molecule has 0 heterocycles. The second-order valence-electron chi connectivity index (χ2n) is 3.68. The molecule has 0 amide bonds. The molecule has 0 saturated heterocycles. The highest BCUT2D eigenvalue weighted by atomic mass is 14.9. The molecule has 2 aromatic rings. The van der Waals surface area contributed by atoms with E-state index in [9.17, 15) is 0 Å². The molecular formula is C13H15N3. The largest absolute Gasteiger partial charge is 0.397 e. The number of hydrogen-bond acceptors (Lipinski definition) is 3. The molecule has 3 nitrogen and oxygen atoms in total. The van der Waals surface area contributed by atoms with Gasteiger partial charge in [0.25, 0.3) is 0 Å². The van der Waals surface area contributed by atoms with Crippen molar-refractivity contribution >= 4 is 17.1 Å². The SMILES string of the molecule is Nc1ccc(NCc2ccccc2)cc1N. The Bertz CT molecular complexity index is 466. The van der Waals surface area contributed by atoms with Crippen LogP contribution in [-0.2, 0) is 6.54 Å². The molecule has 82 valence electrons. The summed E-state index contributed by atoms with van der Waals surface area (Å²) in [5.41, 5.74) is 14.8. The number of rotatable bonds is 3. The summed E-state index contributed by atoms with van der Waals surface area (Å²) in [6.45, 7) is 0.782. The standard InChI is InChI=1S/C13H15N3/c14-12-7-6-11(8-13(12)15)16-9-10-4-2-1-3-5-10/h1-8,16H,9,14-15H2. The van der Waals surface area contributed by atoms with Gasteiger partial charge in [-0.1, -0.05) is 30.3 Å². The van der Waals surface area contributed by atoms with Crippen molar-refractivity contribution in [1.82, 2.24) is 0 Å². The molecule has 0 atom stereocenters. The summed E-state index contributed by atoms with van der Waals surface area (Å²) in [6.07, 6.45) is 0. The first-order valence-corrected chi connectivity index (χ1v) is 5.18. The average Bonchev–Trinajstić information content (AvgIpc) is 2.32. The fourth-order valence-electron chi connectivity index (χ4n) is 1.48. The van der Waals surface area contributed by atoms with Gasteiger partial charge in [-0.3, -0.25) is 0 Å². The Morgan fingerprint density at radius 2 is 1.62 bits per heavy atom. The third-order valence-corrected chi connectivity index (χ3v) is 2.43. The van der Waals surface area contributed by atoms with Crippen molar-refractivity contribution < 1.29 is 0 Å². The maximum absolute atomic E-state index is 5.72. The predicted octanol–water partition coefficient (Wildman–Crippen LogP) is 2.46. The van der Waals surface area contributed by atoms with Gasteiger partial charge in [0.1, 0.15) is 0 Å². The second kappa shape index (κ2) is 4.57. The van der Waals surface area contributed by atoms with Gasteiger partial charge in [-0.2, -0.15) is 0 Å². The van der Waals surface area contributed by atoms with Crippen molar-refractivity contribution in [2.24, 2.45) is 0 Å². The van der Waals surface area contributed by atoms with Crippen molar-refractivity contribution in [1.29, 1.82) is 0 Å². The Kier molecular flexibility index (Phi) is 2.96. The molecule has 2 rings (SSSR count). The van der Waals surface area contributed by atoms with E-state index in [1.165, 1.54) is 5.56 Å². The summed E-state index contributed by atoms with van der Waals surface area (Å²) in [5, 5.41) is 3.29. The maximum Gasteiger partial charge on any atom is 0.0568 e. The lowest BCUT2D eigenvalue weighted by Crippen LogP contribution is -2.01. The van der Waals surface area contributed by atoms with E-state index in [1.54, 1.807) is 0 Å². The first kappa shape index (κ1) is 10.4. The van der Waals surface area contributed by atoms with Crippen molar-refractivity contribution in [2.75, 3.05) is 16.8 Å². The van der Waals surface area contributed by atoms with E-state index in [-0.39, 0.29) is 0 Å². The van der Waals surface area contributed by atoms with Crippen molar-refractivity contribution in [3.63, 3.8) is 0 Å². The second-order valence-corrected chi connectivity index (χ2v) is 3.68. The van der Waals surface area contributed by atoms with Crippen LogP contribution in [0.4, 0.5) is 17.1 Å². The van der Waals surface area contributed by atoms with E-state index in [1.807, 2.05) is 36.4 Å². The Labute approximate surface area is 95.1 Å². The van der Waals surface area contributed by atoms with Gasteiger partial charge in [0.05, 0.1) is 11.4 Å². The first-order valence-electron chi connectivity index (χ1n) is 5.18. The molecule has 2 aromatic carbocycles. The highest BCUT2D eigenvalue weighted by Gasteiger charge is 1.97. The minimum atomic E-state index is 0.609. The lowest BCUT2D eigenvalue weighted by atomic mass is 10.2. The number of anilines is 3. The fourth-order valence-corrected chi connectivity index (χ4v) is 1.48. The van der Waals surface area contributed by atoms with E-state index in [0.29, 0.717) is 11.4 Å². The topological polar surface area (TPSA) is 64.1 Å². The highest BCUT2D eigenvalue weighted by molar-refractivity contribution is 5.69. The summed E-state index contributed by atoms with van der Waals surface area (Å²) >= 11 is 0. The molecule has 0 fully saturated rings. The number of benzene rings is 2. The van der Waals surface area contributed by atoms with Crippen LogP contribution < -0.4 is 16.8 Å². The lowest BCUT2D eigenvalue weighted by Gasteiger charge is -2.08. The summed E-state index contributed by atoms with van der Waals surface area (Å²) in [7, 11) is 0. The quantitative estimate of drug-likeness (QED) is 0.686. The molecule has 0 aliphatic heterocycles. The Morgan fingerprint density at radius 3 is 2.31 bits per heavy atom. The molecule has 3 heteroatoms. The van der Waals surface area contributed by atoms with Gasteiger partial charge in [0, 0.05) is 12.2 Å². The molecule has 0 bridgehead atoms. The zero-order chi connectivity index (χ0) is 11.4. The van der Waals surface area contributed by atoms with Crippen LogP contribution in [0.15, 0.2) is 48.5 Å². The molecule has 0 radical (unpaired) electrons. The van der Waals surface area contributed by atoms with E-state index >= 15 is 0 Å². The van der Waals surface area contributed by atoms with Gasteiger partial charge in [-0.25, -0.2) is 0 Å². The third-order valence-electron chi connectivity index (χ3n) is 2.43. The third kappa shape index (κ3) is 2.45. The molecule has 0 spiro atoms. The van der Waals surface area contributed by atoms with Gasteiger partial charge in [0.2, 0.25) is 0 Å². The van der Waals surface area contributed by atoms with E-state index in [4.69, 9.17) is 11.5 Å². The number of nitrogen functional groups attached to an aromatic ring is 2. The van der Waals surface area contributed by atoms with Gasteiger partial charge in [-0.15, -0.1) is 0 Å². The van der Waals surface area contributed by atoms with Crippen LogP contribution in [0.3, 0.4) is 0 Å². The van der Waals surface area contributed by atoms with Crippen LogP contribution in [0.25, 0.3) is 0 Å². The molecule has 0 unspecified atom stereocenters. The van der Waals surface area contributed by atoms with Crippen LogP contribution in [0, 0.1) is 0 Å². The molecule has 0 aliphatic rings. The van der Waals surface area contributed by atoms with Crippen LogP contribution in [-0.4, -0.2) is 0 Å². The molecule has 0 saturated carbocycles. The molecular weight excluding hydrogens is 198 g/mol. The normalized spacial score (nSPS) is 10.0. The maximum atomic E-state index is 5.72. The van der Waals surface area contributed by atoms with Gasteiger partial charge >= 0.3 is 0 Å². The molecule has 5 N–H and O–H groups in total. The minimum absolute atomic E-state index is 0.609. The number of nitrogens with one attached hydrogen (secondary N) is 1. The van der Waals surface area contributed by atoms with Gasteiger partial charge in [-0.05, 0) is 23.8 Å². The van der Waals surface area contributed by atoms with Crippen LogP contribution in [0.5, 0.6) is 0 Å². The van der Waals surface area contributed by atoms with Gasteiger partial charge in [0.15, 0.2) is 0 Å². The summed E-state index contributed by atoms with van der Waals surface area (Å²) in [5.74, 6) is 0. The van der Waals surface area contributed by atoms with Gasteiger partial charge < -0.3 is 16.8 Å². The smallest absolute Gasteiger partial charge is 0.0568 e. The van der Waals surface area contributed by atoms with Crippen LogP contribution in [0.2, 0.25) is 0 Å². The predicted molar refractivity (Wildman–Crippen MR) is 69.0 cm³/mol. The molecule has 0 aliphatic carbocycles. The van der Waals surface area contributed by atoms with Crippen molar-refractivity contribution in [3.8, 4) is 0 Å². The zero-order valence-electron chi connectivity index (χ0n) is 8.98.